The highest BCUT2D eigenvalue weighted by atomic mass is 32.2. The van der Waals surface area contributed by atoms with E-state index in [4.69, 9.17) is 9.84 Å². The van der Waals surface area contributed by atoms with Crippen molar-refractivity contribution in [1.82, 2.24) is 5.32 Å². The molecule has 0 fully saturated rings. The van der Waals surface area contributed by atoms with E-state index in [1.807, 2.05) is 48.7 Å². The molecule has 1 heterocycles. The van der Waals surface area contributed by atoms with Gasteiger partial charge in [-0.3, -0.25) is 0 Å². The van der Waals surface area contributed by atoms with Crippen molar-refractivity contribution in [3.8, 4) is 5.75 Å². The van der Waals surface area contributed by atoms with E-state index >= 15 is 0 Å². The Hall–Kier alpha value is -1.53. The molecule has 0 spiro atoms. The third-order valence-electron chi connectivity index (χ3n) is 4.15. The monoisotopic (exact) mass is 331 g/mol. The molecule has 2 aromatic rings. The SMILES string of the molecule is CSc1cccc2c1OCc1ccccc1C2(O)CNCCO. The maximum Gasteiger partial charge on any atom is 0.139 e. The van der Waals surface area contributed by atoms with Crippen LogP contribution in [0.5, 0.6) is 5.75 Å². The number of hydrogen-bond acceptors (Lipinski definition) is 5. The topological polar surface area (TPSA) is 61.7 Å². The molecule has 0 aliphatic carbocycles. The molecule has 0 aromatic heterocycles. The van der Waals surface area contributed by atoms with Crippen molar-refractivity contribution < 1.29 is 14.9 Å². The van der Waals surface area contributed by atoms with Crippen molar-refractivity contribution in [2.75, 3.05) is 26.0 Å². The van der Waals surface area contributed by atoms with E-state index in [1.54, 1.807) is 11.8 Å². The van der Waals surface area contributed by atoms with E-state index in [2.05, 4.69) is 5.32 Å². The van der Waals surface area contributed by atoms with Gasteiger partial charge in [-0.15, -0.1) is 11.8 Å². The van der Waals surface area contributed by atoms with Crippen LogP contribution in [-0.4, -0.2) is 36.2 Å². The molecule has 2 aromatic carbocycles. The summed E-state index contributed by atoms with van der Waals surface area (Å²) in [7, 11) is 0. The van der Waals surface area contributed by atoms with E-state index in [-0.39, 0.29) is 6.61 Å². The van der Waals surface area contributed by atoms with Gasteiger partial charge in [0.05, 0.1) is 6.61 Å². The number of thioether (sulfide) groups is 1. The lowest BCUT2D eigenvalue weighted by molar-refractivity contribution is 0.0776. The molecule has 1 aliphatic rings. The number of aliphatic hydroxyl groups excluding tert-OH is 1. The summed E-state index contributed by atoms with van der Waals surface area (Å²) in [5.41, 5.74) is 1.40. The zero-order valence-electron chi connectivity index (χ0n) is 13.1. The summed E-state index contributed by atoms with van der Waals surface area (Å²) in [6, 6.07) is 13.7. The van der Waals surface area contributed by atoms with Crippen LogP contribution in [0.3, 0.4) is 0 Å². The van der Waals surface area contributed by atoms with Crippen molar-refractivity contribution in [2.45, 2.75) is 17.1 Å². The van der Waals surface area contributed by atoms with Crippen molar-refractivity contribution >= 4 is 11.8 Å². The van der Waals surface area contributed by atoms with Gasteiger partial charge in [-0.1, -0.05) is 36.4 Å². The van der Waals surface area contributed by atoms with Crippen LogP contribution >= 0.6 is 11.8 Å². The first-order valence-corrected chi connectivity index (χ1v) is 8.86. The van der Waals surface area contributed by atoms with Gasteiger partial charge < -0.3 is 20.3 Å². The fourth-order valence-corrected chi connectivity index (χ4v) is 3.60. The lowest BCUT2D eigenvalue weighted by Gasteiger charge is -2.30. The number of ether oxygens (including phenoxy) is 1. The second kappa shape index (κ2) is 6.93. The average Bonchev–Trinajstić information content (AvgIpc) is 2.71. The van der Waals surface area contributed by atoms with E-state index < -0.39 is 5.60 Å². The molecule has 1 unspecified atom stereocenters. The fraction of sp³-hybridized carbons (Fsp3) is 0.333. The van der Waals surface area contributed by atoms with Crippen LogP contribution in [0.15, 0.2) is 47.4 Å². The van der Waals surface area contributed by atoms with Crippen molar-refractivity contribution in [3.63, 3.8) is 0 Å². The molecule has 122 valence electrons. The molecule has 3 N–H and O–H groups in total. The van der Waals surface area contributed by atoms with Crippen LogP contribution in [0.1, 0.15) is 16.7 Å². The fourth-order valence-electron chi connectivity index (χ4n) is 3.03. The molecule has 0 saturated heterocycles. The van der Waals surface area contributed by atoms with Gasteiger partial charge in [0, 0.05) is 23.5 Å². The smallest absolute Gasteiger partial charge is 0.139 e. The molecular weight excluding hydrogens is 310 g/mol. The van der Waals surface area contributed by atoms with Gasteiger partial charge >= 0.3 is 0 Å². The van der Waals surface area contributed by atoms with Gasteiger partial charge in [0.25, 0.3) is 0 Å². The predicted octanol–water partition coefficient (Wildman–Crippen LogP) is 2.12. The average molecular weight is 331 g/mol. The van der Waals surface area contributed by atoms with Gasteiger partial charge in [-0.05, 0) is 23.4 Å². The van der Waals surface area contributed by atoms with E-state index in [1.165, 1.54) is 0 Å². The molecule has 1 atom stereocenters. The highest BCUT2D eigenvalue weighted by Gasteiger charge is 2.38. The van der Waals surface area contributed by atoms with Crippen LogP contribution in [0.25, 0.3) is 0 Å². The largest absolute Gasteiger partial charge is 0.487 e. The predicted molar refractivity (Wildman–Crippen MR) is 92.0 cm³/mol. The summed E-state index contributed by atoms with van der Waals surface area (Å²) in [6.07, 6.45) is 2.00. The molecule has 1 aliphatic heterocycles. The molecule has 0 bridgehead atoms. The maximum absolute atomic E-state index is 11.6. The molecule has 0 saturated carbocycles. The first kappa shape index (κ1) is 16.3. The highest BCUT2D eigenvalue weighted by Crippen LogP contribution is 2.44. The second-order valence-electron chi connectivity index (χ2n) is 5.54. The second-order valence-corrected chi connectivity index (χ2v) is 6.39. The molecule has 0 amide bonds. The summed E-state index contributed by atoms with van der Waals surface area (Å²) in [6.45, 7) is 1.22. The Morgan fingerprint density at radius 2 is 1.96 bits per heavy atom. The van der Waals surface area contributed by atoms with Gasteiger partial charge in [-0.25, -0.2) is 0 Å². The number of hydrogen-bond donors (Lipinski definition) is 3. The minimum atomic E-state index is -1.19. The summed E-state index contributed by atoms with van der Waals surface area (Å²) in [4.78, 5) is 1.01. The minimum Gasteiger partial charge on any atom is -0.487 e. The lowest BCUT2D eigenvalue weighted by Crippen LogP contribution is -2.40. The van der Waals surface area contributed by atoms with Crippen molar-refractivity contribution in [1.29, 1.82) is 0 Å². The molecule has 5 heteroatoms. The zero-order valence-corrected chi connectivity index (χ0v) is 13.9. The van der Waals surface area contributed by atoms with Gasteiger partial charge in [0.2, 0.25) is 0 Å². The van der Waals surface area contributed by atoms with E-state index in [0.29, 0.717) is 19.7 Å². The van der Waals surface area contributed by atoms with E-state index in [0.717, 1.165) is 27.3 Å². The summed E-state index contributed by atoms with van der Waals surface area (Å²) in [5.74, 6) is 0.740. The Bertz CT molecular complexity index is 692. The highest BCUT2D eigenvalue weighted by molar-refractivity contribution is 7.98. The first-order chi connectivity index (χ1) is 11.2. The summed E-state index contributed by atoms with van der Waals surface area (Å²) >= 11 is 1.60. The quantitative estimate of drug-likeness (QED) is 0.579. The Morgan fingerprint density at radius 1 is 1.17 bits per heavy atom. The lowest BCUT2D eigenvalue weighted by atomic mass is 9.83. The molecule has 4 nitrogen and oxygen atoms in total. The third-order valence-corrected chi connectivity index (χ3v) is 4.91. The van der Waals surface area contributed by atoms with Gasteiger partial charge in [0.1, 0.15) is 18.0 Å². The molecule has 23 heavy (non-hydrogen) atoms. The number of rotatable bonds is 5. The van der Waals surface area contributed by atoms with Crippen molar-refractivity contribution in [3.05, 3.63) is 59.2 Å². The van der Waals surface area contributed by atoms with Crippen LogP contribution < -0.4 is 10.1 Å². The molecule has 0 radical (unpaired) electrons. The Kier molecular flexibility index (Phi) is 4.92. The molecule has 3 rings (SSSR count). The van der Waals surface area contributed by atoms with Gasteiger partial charge in [0.15, 0.2) is 0 Å². The van der Waals surface area contributed by atoms with Crippen LogP contribution in [0.4, 0.5) is 0 Å². The van der Waals surface area contributed by atoms with Crippen LogP contribution in [-0.2, 0) is 12.2 Å². The Labute approximate surface area is 140 Å². The number of aliphatic hydroxyl groups is 2. The summed E-state index contributed by atoms with van der Waals surface area (Å²) < 4.78 is 6.04. The number of fused-ring (bicyclic) bond motifs is 2. The van der Waals surface area contributed by atoms with E-state index in [9.17, 15) is 5.11 Å². The number of nitrogens with one attached hydrogen (secondary N) is 1. The number of benzene rings is 2. The molecular formula is C18H21NO3S. The maximum atomic E-state index is 11.6. The zero-order chi connectivity index (χ0) is 16.3. The summed E-state index contributed by atoms with van der Waals surface area (Å²) in [5, 5.41) is 23.7. The van der Waals surface area contributed by atoms with Crippen LogP contribution in [0, 0.1) is 0 Å². The standard InChI is InChI=1S/C18H21NO3S/c1-23-16-8-4-7-15-17(16)22-11-13-5-2-3-6-14(13)18(15,21)12-19-9-10-20/h2-8,19-21H,9-12H2,1H3. The van der Waals surface area contributed by atoms with Gasteiger partial charge in [-0.2, -0.15) is 0 Å². The third kappa shape index (κ3) is 2.97. The Morgan fingerprint density at radius 3 is 2.74 bits per heavy atom. The Balaban J connectivity index is 2.15. The normalized spacial score (nSPS) is 19.4. The van der Waals surface area contributed by atoms with Crippen molar-refractivity contribution in [2.24, 2.45) is 0 Å². The minimum absolute atomic E-state index is 0.0337. The van der Waals surface area contributed by atoms with Crippen LogP contribution in [0.2, 0.25) is 0 Å². The first-order valence-electron chi connectivity index (χ1n) is 7.63. The number of para-hydroxylation sites is 1.